The SMILES string of the molecule is [CH2]S(=O)(=O)NC(C)C. The van der Waals surface area contributed by atoms with Crippen molar-refractivity contribution in [1.29, 1.82) is 0 Å². The molecule has 0 atom stereocenters. The molecule has 0 bridgehead atoms. The highest BCUT2D eigenvalue weighted by Gasteiger charge is 2.01. The molecule has 3 nitrogen and oxygen atoms in total. The predicted molar refractivity (Wildman–Crippen MR) is 32.5 cm³/mol. The Morgan fingerprint density at radius 1 is 1.50 bits per heavy atom. The van der Waals surface area contributed by atoms with Gasteiger partial charge in [-0.3, -0.25) is 0 Å². The Morgan fingerprint density at radius 3 is 1.88 bits per heavy atom. The molecule has 0 aromatic carbocycles. The maximum Gasteiger partial charge on any atom is 0.212 e. The molecule has 0 spiro atoms. The zero-order chi connectivity index (χ0) is 6.78. The first-order valence-electron chi connectivity index (χ1n) is 2.27. The summed E-state index contributed by atoms with van der Waals surface area (Å²) < 4.78 is 22.7. The quantitative estimate of drug-likeness (QED) is 0.585. The molecule has 4 heteroatoms. The van der Waals surface area contributed by atoms with Crippen molar-refractivity contribution in [2.45, 2.75) is 19.9 Å². The highest BCUT2D eigenvalue weighted by molar-refractivity contribution is 7.90. The van der Waals surface area contributed by atoms with E-state index in [1.807, 2.05) is 0 Å². The summed E-state index contributed by atoms with van der Waals surface area (Å²) in [6.45, 7) is 3.48. The third kappa shape index (κ3) is 5.91. The lowest BCUT2D eigenvalue weighted by atomic mass is 10.4. The molecule has 49 valence electrons. The minimum absolute atomic E-state index is 0.0579. The second kappa shape index (κ2) is 2.46. The minimum Gasteiger partial charge on any atom is -0.213 e. The lowest BCUT2D eigenvalue weighted by molar-refractivity contribution is 0.579. The van der Waals surface area contributed by atoms with Gasteiger partial charge in [-0.25, -0.2) is 13.1 Å². The predicted octanol–water partition coefficient (Wildman–Crippen LogP) is 0.106. The number of rotatable bonds is 2. The van der Waals surface area contributed by atoms with Crippen LogP contribution in [0.25, 0.3) is 0 Å². The number of sulfonamides is 1. The van der Waals surface area contributed by atoms with Crippen molar-refractivity contribution in [3.05, 3.63) is 6.26 Å². The first-order chi connectivity index (χ1) is 3.42. The van der Waals surface area contributed by atoms with Gasteiger partial charge in [0.15, 0.2) is 0 Å². The van der Waals surface area contributed by atoms with Crippen LogP contribution in [0.1, 0.15) is 13.8 Å². The summed E-state index contributed by atoms with van der Waals surface area (Å²) in [6.07, 6.45) is 2.87. The topological polar surface area (TPSA) is 46.2 Å². The van der Waals surface area contributed by atoms with E-state index in [0.29, 0.717) is 0 Å². The van der Waals surface area contributed by atoms with Crippen molar-refractivity contribution in [1.82, 2.24) is 4.72 Å². The lowest BCUT2D eigenvalue weighted by Crippen LogP contribution is -2.27. The molecule has 0 saturated heterocycles. The van der Waals surface area contributed by atoms with Gasteiger partial charge in [-0.2, -0.15) is 0 Å². The van der Waals surface area contributed by atoms with Crippen molar-refractivity contribution in [2.75, 3.05) is 0 Å². The van der Waals surface area contributed by atoms with Crippen molar-refractivity contribution in [3.63, 3.8) is 0 Å². The minimum atomic E-state index is -3.22. The summed E-state index contributed by atoms with van der Waals surface area (Å²) >= 11 is 0. The summed E-state index contributed by atoms with van der Waals surface area (Å²) in [6, 6.07) is -0.0579. The van der Waals surface area contributed by atoms with Crippen molar-refractivity contribution >= 4 is 10.0 Å². The molecule has 0 aromatic rings. The molecule has 8 heavy (non-hydrogen) atoms. The summed E-state index contributed by atoms with van der Waals surface area (Å²) in [5.41, 5.74) is 0. The smallest absolute Gasteiger partial charge is 0.212 e. The van der Waals surface area contributed by atoms with Crippen LogP contribution in [0, 0.1) is 6.26 Å². The van der Waals surface area contributed by atoms with E-state index in [9.17, 15) is 8.42 Å². The Balaban J connectivity index is 3.75. The van der Waals surface area contributed by atoms with E-state index in [2.05, 4.69) is 11.0 Å². The van der Waals surface area contributed by atoms with E-state index in [1.165, 1.54) is 0 Å². The molecule has 1 radical (unpaired) electrons. The van der Waals surface area contributed by atoms with Gasteiger partial charge in [0, 0.05) is 6.04 Å². The monoisotopic (exact) mass is 136 g/mol. The molecule has 0 aliphatic carbocycles. The molecule has 0 aromatic heterocycles. The Kier molecular flexibility index (Phi) is 2.43. The van der Waals surface area contributed by atoms with Gasteiger partial charge >= 0.3 is 0 Å². The summed E-state index contributed by atoms with van der Waals surface area (Å²) in [7, 11) is -3.22. The van der Waals surface area contributed by atoms with Crippen LogP contribution >= 0.6 is 0 Å². The highest BCUT2D eigenvalue weighted by atomic mass is 32.2. The number of hydrogen-bond acceptors (Lipinski definition) is 2. The Hall–Kier alpha value is -0.0900. The van der Waals surface area contributed by atoms with Crippen LogP contribution in [0.3, 0.4) is 0 Å². The zero-order valence-corrected chi connectivity index (χ0v) is 5.83. The van der Waals surface area contributed by atoms with Crippen molar-refractivity contribution < 1.29 is 8.42 Å². The molecule has 1 N–H and O–H groups in total. The van der Waals surface area contributed by atoms with Crippen LogP contribution in [0.15, 0.2) is 0 Å². The van der Waals surface area contributed by atoms with Crippen LogP contribution in [-0.4, -0.2) is 14.5 Å². The lowest BCUT2D eigenvalue weighted by Gasteiger charge is -2.02. The molecule has 0 amide bonds. The van der Waals surface area contributed by atoms with Gasteiger partial charge in [-0.15, -0.1) is 0 Å². The molecule has 0 aliphatic rings. The van der Waals surface area contributed by atoms with Gasteiger partial charge in [-0.05, 0) is 13.8 Å². The highest BCUT2D eigenvalue weighted by Crippen LogP contribution is 1.82. The van der Waals surface area contributed by atoms with E-state index in [4.69, 9.17) is 0 Å². The third-order valence-electron chi connectivity index (χ3n) is 0.415. The molecule has 0 unspecified atom stereocenters. The van der Waals surface area contributed by atoms with Gasteiger partial charge in [0.2, 0.25) is 10.0 Å². The van der Waals surface area contributed by atoms with Crippen LogP contribution in [0.4, 0.5) is 0 Å². The van der Waals surface area contributed by atoms with Crippen LogP contribution in [-0.2, 0) is 10.0 Å². The molecule has 0 fully saturated rings. The summed E-state index contributed by atoms with van der Waals surface area (Å²) in [5, 5.41) is 0. The first-order valence-corrected chi connectivity index (χ1v) is 3.92. The van der Waals surface area contributed by atoms with Crippen molar-refractivity contribution in [2.24, 2.45) is 0 Å². The largest absolute Gasteiger partial charge is 0.213 e. The van der Waals surface area contributed by atoms with Crippen LogP contribution in [0.2, 0.25) is 0 Å². The third-order valence-corrected chi connectivity index (χ3v) is 1.25. The normalized spacial score (nSPS) is 12.5. The molecule has 0 saturated carbocycles. The Morgan fingerprint density at radius 2 is 1.88 bits per heavy atom. The van der Waals surface area contributed by atoms with E-state index in [-0.39, 0.29) is 6.04 Å². The Labute approximate surface area is 50.1 Å². The average molecular weight is 136 g/mol. The van der Waals surface area contributed by atoms with Gasteiger partial charge in [0.25, 0.3) is 0 Å². The van der Waals surface area contributed by atoms with E-state index in [0.717, 1.165) is 0 Å². The van der Waals surface area contributed by atoms with E-state index in [1.54, 1.807) is 13.8 Å². The van der Waals surface area contributed by atoms with Crippen LogP contribution < -0.4 is 4.72 Å². The van der Waals surface area contributed by atoms with E-state index < -0.39 is 10.0 Å². The van der Waals surface area contributed by atoms with Gasteiger partial charge in [-0.1, -0.05) is 0 Å². The fourth-order valence-electron chi connectivity index (χ4n) is 0.359. The molecular formula is C4H10NO2S. The fourth-order valence-corrected chi connectivity index (χ4v) is 1.08. The molecule has 0 rings (SSSR count). The average Bonchev–Trinajstić information content (AvgIpc) is 1.21. The maximum absolute atomic E-state index is 10.2. The standard InChI is InChI=1S/C4H10NO2S/c1-4(2)5-8(3,6)7/h4-5H,3H2,1-2H3. The van der Waals surface area contributed by atoms with Gasteiger partial charge in [0.05, 0.1) is 6.26 Å². The second-order valence-electron chi connectivity index (χ2n) is 1.89. The summed E-state index contributed by atoms with van der Waals surface area (Å²) in [5.74, 6) is 0. The van der Waals surface area contributed by atoms with Gasteiger partial charge in [0.1, 0.15) is 0 Å². The zero-order valence-electron chi connectivity index (χ0n) is 5.01. The second-order valence-corrected chi connectivity index (χ2v) is 3.35. The van der Waals surface area contributed by atoms with E-state index >= 15 is 0 Å². The van der Waals surface area contributed by atoms with Crippen molar-refractivity contribution in [3.8, 4) is 0 Å². The number of hydrogen-bond donors (Lipinski definition) is 1. The molecular weight excluding hydrogens is 126 g/mol. The van der Waals surface area contributed by atoms with Gasteiger partial charge < -0.3 is 0 Å². The maximum atomic E-state index is 10.2. The molecule has 0 heterocycles. The molecule has 0 aliphatic heterocycles. The summed E-state index contributed by atoms with van der Waals surface area (Å²) in [4.78, 5) is 0. The Bertz CT molecular complexity index is 147. The van der Waals surface area contributed by atoms with Crippen LogP contribution in [0.5, 0.6) is 0 Å². The number of nitrogens with one attached hydrogen (secondary N) is 1. The fraction of sp³-hybridized carbons (Fsp3) is 0.750. The first kappa shape index (κ1) is 7.91.